The minimum absolute atomic E-state index is 0.0847. The van der Waals surface area contributed by atoms with Crippen LogP contribution >= 0.6 is 0 Å². The van der Waals surface area contributed by atoms with Crippen LogP contribution in [0.15, 0.2) is 47.3 Å². The third kappa shape index (κ3) is 3.22. The Morgan fingerprint density at radius 3 is 2.29 bits per heavy atom. The molecule has 0 spiro atoms. The maximum Gasteiger partial charge on any atom is 0.270 e. The Balaban J connectivity index is 2.01. The van der Waals surface area contributed by atoms with Crippen molar-refractivity contribution >= 4 is 22.2 Å². The second kappa shape index (κ2) is 7.67. The summed E-state index contributed by atoms with van der Waals surface area (Å²) in [4.78, 5) is 37.0. The Morgan fingerprint density at radius 1 is 0.968 bits per heavy atom. The van der Waals surface area contributed by atoms with Crippen LogP contribution in [0.5, 0.6) is 0 Å². The SMILES string of the molecule is O=C1c2ccccc2-c2c1c1ccc([N+](=O)[O-])cc1c(=O)n2C[C@H](O)[C@@H](O)[C@H](O)CO. The van der Waals surface area contributed by atoms with Gasteiger partial charge in [-0.3, -0.25) is 19.7 Å². The van der Waals surface area contributed by atoms with E-state index in [1.807, 2.05) is 0 Å². The van der Waals surface area contributed by atoms with E-state index in [4.69, 9.17) is 5.11 Å². The number of non-ortho nitro benzene ring substituents is 1. The Kier molecular flexibility index (Phi) is 5.15. The molecule has 31 heavy (non-hydrogen) atoms. The van der Waals surface area contributed by atoms with E-state index >= 15 is 0 Å². The molecule has 1 aliphatic carbocycles. The average Bonchev–Trinajstić information content (AvgIpc) is 3.07. The predicted molar refractivity (Wildman–Crippen MR) is 109 cm³/mol. The summed E-state index contributed by atoms with van der Waals surface area (Å²) in [6.07, 6.45) is -5.07. The summed E-state index contributed by atoms with van der Waals surface area (Å²) in [5.41, 5.74) is 0.125. The number of nitro benzene ring substituents is 1. The van der Waals surface area contributed by atoms with Crippen LogP contribution in [-0.4, -0.2) is 60.6 Å². The van der Waals surface area contributed by atoms with Gasteiger partial charge in [-0.05, 0) is 6.07 Å². The first-order valence-electron chi connectivity index (χ1n) is 9.40. The molecule has 1 aliphatic rings. The number of hydrogen-bond donors (Lipinski definition) is 4. The smallest absolute Gasteiger partial charge is 0.270 e. The van der Waals surface area contributed by atoms with Crippen LogP contribution in [0.1, 0.15) is 15.9 Å². The van der Waals surface area contributed by atoms with Gasteiger partial charge in [-0.2, -0.15) is 0 Å². The molecule has 2 aromatic carbocycles. The molecule has 10 nitrogen and oxygen atoms in total. The number of nitro groups is 1. The first kappa shape index (κ1) is 20.8. The fourth-order valence-electron chi connectivity index (χ4n) is 3.92. The van der Waals surface area contributed by atoms with Gasteiger partial charge in [0.15, 0.2) is 5.78 Å². The van der Waals surface area contributed by atoms with Crippen molar-refractivity contribution in [2.75, 3.05) is 6.61 Å². The first-order chi connectivity index (χ1) is 14.8. The number of aliphatic hydroxyl groups excluding tert-OH is 4. The number of rotatable bonds is 6. The van der Waals surface area contributed by atoms with E-state index in [2.05, 4.69) is 0 Å². The van der Waals surface area contributed by atoms with Gasteiger partial charge < -0.3 is 25.0 Å². The second-order valence-corrected chi connectivity index (χ2v) is 7.31. The van der Waals surface area contributed by atoms with Crippen molar-refractivity contribution in [2.45, 2.75) is 24.9 Å². The molecule has 0 bridgehead atoms. The third-order valence-corrected chi connectivity index (χ3v) is 5.46. The van der Waals surface area contributed by atoms with E-state index in [-0.39, 0.29) is 33.5 Å². The fourth-order valence-corrected chi connectivity index (χ4v) is 3.92. The van der Waals surface area contributed by atoms with Gasteiger partial charge in [0.1, 0.15) is 18.3 Å². The molecule has 3 atom stereocenters. The molecule has 0 fully saturated rings. The maximum atomic E-state index is 13.3. The highest BCUT2D eigenvalue weighted by Crippen LogP contribution is 2.39. The minimum atomic E-state index is -1.76. The highest BCUT2D eigenvalue weighted by molar-refractivity contribution is 6.26. The average molecular weight is 426 g/mol. The van der Waals surface area contributed by atoms with E-state index in [9.17, 15) is 35.0 Å². The highest BCUT2D eigenvalue weighted by Gasteiger charge is 2.34. The molecule has 1 heterocycles. The van der Waals surface area contributed by atoms with Crippen molar-refractivity contribution in [1.82, 2.24) is 4.57 Å². The molecule has 0 saturated heterocycles. The van der Waals surface area contributed by atoms with Gasteiger partial charge >= 0.3 is 0 Å². The van der Waals surface area contributed by atoms with Crippen LogP contribution < -0.4 is 5.56 Å². The molecule has 160 valence electrons. The molecule has 1 aromatic heterocycles. The molecular weight excluding hydrogens is 408 g/mol. The summed E-state index contributed by atoms with van der Waals surface area (Å²) in [5.74, 6) is -0.372. The van der Waals surface area contributed by atoms with E-state index in [0.717, 1.165) is 10.6 Å². The molecule has 4 N–H and O–H groups in total. The summed E-state index contributed by atoms with van der Waals surface area (Å²) in [6.45, 7) is -1.32. The van der Waals surface area contributed by atoms with Crippen LogP contribution in [0.2, 0.25) is 0 Å². The molecule has 10 heteroatoms. The van der Waals surface area contributed by atoms with Gasteiger partial charge in [0.2, 0.25) is 0 Å². The van der Waals surface area contributed by atoms with Gasteiger partial charge in [0, 0.05) is 28.6 Å². The van der Waals surface area contributed by atoms with Crippen LogP contribution in [0.4, 0.5) is 5.69 Å². The number of pyridine rings is 1. The Morgan fingerprint density at radius 2 is 1.65 bits per heavy atom. The minimum Gasteiger partial charge on any atom is -0.394 e. The van der Waals surface area contributed by atoms with Crippen LogP contribution in [0.25, 0.3) is 22.0 Å². The van der Waals surface area contributed by atoms with E-state index in [1.165, 1.54) is 12.1 Å². The number of ketones is 1. The number of carbonyl (C=O) groups excluding carboxylic acids is 1. The highest BCUT2D eigenvalue weighted by atomic mass is 16.6. The summed E-state index contributed by atoms with van der Waals surface area (Å²) in [7, 11) is 0. The predicted octanol–water partition coefficient (Wildman–Crippen LogP) is 0.196. The summed E-state index contributed by atoms with van der Waals surface area (Å²) in [5, 5.41) is 50.4. The zero-order chi connectivity index (χ0) is 22.4. The van der Waals surface area contributed by atoms with Crippen molar-refractivity contribution < 1.29 is 30.1 Å². The quantitative estimate of drug-likeness (QED) is 0.251. The molecule has 0 unspecified atom stereocenters. The van der Waals surface area contributed by atoms with Gasteiger partial charge in [-0.1, -0.05) is 24.3 Å². The van der Waals surface area contributed by atoms with Crippen LogP contribution in [-0.2, 0) is 6.54 Å². The van der Waals surface area contributed by atoms with Crippen molar-refractivity contribution in [3.8, 4) is 11.3 Å². The second-order valence-electron chi connectivity index (χ2n) is 7.31. The molecule has 0 aliphatic heterocycles. The largest absolute Gasteiger partial charge is 0.394 e. The van der Waals surface area contributed by atoms with E-state index in [0.29, 0.717) is 11.1 Å². The standard InChI is InChI=1S/C21H18N2O8/c24-9-16(26)20(28)15(25)8-22-18-12-3-1-2-4-13(12)19(27)17(18)11-6-5-10(23(30)31)7-14(11)21(22)29/h1-7,15-16,20,24-26,28H,8-9H2/t15-,16+,20+/m0/s1. The van der Waals surface area contributed by atoms with Gasteiger partial charge in [0.25, 0.3) is 11.2 Å². The summed E-state index contributed by atoms with van der Waals surface area (Å²) in [6, 6.07) is 10.2. The first-order valence-corrected chi connectivity index (χ1v) is 9.40. The van der Waals surface area contributed by atoms with Crippen LogP contribution in [0, 0.1) is 10.1 Å². The summed E-state index contributed by atoms with van der Waals surface area (Å²) < 4.78 is 1.07. The van der Waals surface area contributed by atoms with Crippen molar-refractivity contribution in [2.24, 2.45) is 0 Å². The summed E-state index contributed by atoms with van der Waals surface area (Å²) >= 11 is 0. The Hall–Kier alpha value is -3.44. The monoisotopic (exact) mass is 426 g/mol. The topological polar surface area (TPSA) is 163 Å². The maximum absolute atomic E-state index is 13.3. The number of aromatic nitrogens is 1. The molecule has 0 amide bonds. The van der Waals surface area contributed by atoms with E-state index < -0.39 is 41.9 Å². The van der Waals surface area contributed by atoms with Gasteiger partial charge in [-0.15, -0.1) is 0 Å². The number of hydrogen-bond acceptors (Lipinski definition) is 8. The lowest BCUT2D eigenvalue weighted by molar-refractivity contribution is -0.384. The van der Waals surface area contributed by atoms with Gasteiger partial charge in [0.05, 0.1) is 34.7 Å². The number of aliphatic hydroxyl groups is 4. The Labute approximate surface area is 174 Å². The van der Waals surface area contributed by atoms with Gasteiger partial charge in [-0.25, -0.2) is 0 Å². The van der Waals surface area contributed by atoms with E-state index in [1.54, 1.807) is 24.3 Å². The lowest BCUT2D eigenvalue weighted by atomic mass is 10.0. The number of carbonyl (C=O) groups is 1. The van der Waals surface area contributed by atoms with Crippen LogP contribution in [0.3, 0.4) is 0 Å². The zero-order valence-corrected chi connectivity index (χ0v) is 16.0. The molecule has 4 rings (SSSR count). The normalized spacial score (nSPS) is 15.4. The Bertz CT molecular complexity index is 1280. The van der Waals surface area contributed by atoms with Crippen molar-refractivity contribution in [3.63, 3.8) is 0 Å². The molecule has 0 radical (unpaired) electrons. The zero-order valence-electron chi connectivity index (χ0n) is 16.0. The number of fused-ring (bicyclic) bond motifs is 5. The lowest BCUT2D eigenvalue weighted by Crippen LogP contribution is -2.43. The third-order valence-electron chi connectivity index (χ3n) is 5.46. The fraction of sp³-hybridized carbons (Fsp3) is 0.238. The number of nitrogens with zero attached hydrogens (tertiary/aromatic N) is 2. The molecule has 3 aromatic rings. The lowest BCUT2D eigenvalue weighted by Gasteiger charge is -2.24. The van der Waals surface area contributed by atoms with Crippen molar-refractivity contribution in [1.29, 1.82) is 0 Å². The molecule has 0 saturated carbocycles. The van der Waals surface area contributed by atoms with Crippen molar-refractivity contribution in [3.05, 3.63) is 74.1 Å². The molecular formula is C21H18N2O8. The number of benzene rings is 2.